The summed E-state index contributed by atoms with van der Waals surface area (Å²) in [5.74, 6) is -0.812. The molecule has 2 aromatic rings. The third-order valence-corrected chi connectivity index (χ3v) is 2.12. The van der Waals surface area contributed by atoms with E-state index in [1.54, 1.807) is 0 Å². The van der Waals surface area contributed by atoms with Crippen molar-refractivity contribution in [1.29, 1.82) is 0 Å². The average molecular weight is 220 g/mol. The second kappa shape index (κ2) is 4.28. The minimum Gasteiger partial charge on any atom is -0.754 e. The molecule has 0 saturated carbocycles. The van der Waals surface area contributed by atoms with Crippen molar-refractivity contribution in [2.24, 2.45) is 0 Å². The molecule has 0 spiro atoms. The van der Waals surface area contributed by atoms with Gasteiger partial charge in [0.15, 0.2) is 0 Å². The van der Waals surface area contributed by atoms with Crippen LogP contribution in [0.5, 0.6) is 0 Å². The minimum atomic E-state index is -0.406. The topological polar surface area (TPSA) is 26.3 Å². The Labute approximate surface area is 91.3 Å². The molecule has 0 unspecified atom stereocenters. The summed E-state index contributed by atoms with van der Waals surface area (Å²) >= 11 is 0. The third-order valence-electron chi connectivity index (χ3n) is 2.12. The first-order valence-electron chi connectivity index (χ1n) is 4.65. The normalized spacial score (nSPS) is 10.2. The SMILES string of the molecule is [O-]N(c1ccc(F)cc1)c1ccc(F)cc1. The van der Waals surface area contributed by atoms with Gasteiger partial charge in [0.2, 0.25) is 0 Å². The van der Waals surface area contributed by atoms with Gasteiger partial charge < -0.3 is 10.3 Å². The number of anilines is 2. The molecule has 0 radical (unpaired) electrons. The fourth-order valence-corrected chi connectivity index (χ4v) is 1.30. The van der Waals surface area contributed by atoms with Gasteiger partial charge in [-0.1, -0.05) is 0 Å². The summed E-state index contributed by atoms with van der Waals surface area (Å²) in [5.41, 5.74) is 0.598. The molecule has 0 saturated heterocycles. The molecule has 2 nitrogen and oxygen atoms in total. The van der Waals surface area contributed by atoms with Crippen molar-refractivity contribution in [3.8, 4) is 0 Å². The van der Waals surface area contributed by atoms with Crippen LogP contribution in [0.1, 0.15) is 0 Å². The van der Waals surface area contributed by atoms with E-state index in [1.165, 1.54) is 48.5 Å². The first-order chi connectivity index (χ1) is 7.66. The predicted octanol–water partition coefficient (Wildman–Crippen LogP) is 3.60. The van der Waals surface area contributed by atoms with E-state index in [-0.39, 0.29) is 0 Å². The van der Waals surface area contributed by atoms with Crippen molar-refractivity contribution in [3.63, 3.8) is 0 Å². The van der Waals surface area contributed by atoms with Crippen LogP contribution in [-0.2, 0) is 0 Å². The van der Waals surface area contributed by atoms with Crippen LogP contribution >= 0.6 is 0 Å². The van der Waals surface area contributed by atoms with Gasteiger partial charge in [0.25, 0.3) is 0 Å². The zero-order chi connectivity index (χ0) is 11.5. The van der Waals surface area contributed by atoms with Crippen molar-refractivity contribution in [3.05, 3.63) is 65.4 Å². The lowest BCUT2D eigenvalue weighted by Gasteiger charge is -2.30. The monoisotopic (exact) mass is 220 g/mol. The van der Waals surface area contributed by atoms with Crippen molar-refractivity contribution in [1.82, 2.24) is 0 Å². The molecule has 0 bridgehead atoms. The Hall–Kier alpha value is -1.94. The molecular formula is C12H8F2NO-. The van der Waals surface area contributed by atoms with Crippen molar-refractivity contribution in [2.45, 2.75) is 0 Å². The molecule has 82 valence electrons. The van der Waals surface area contributed by atoms with Gasteiger partial charge in [-0.2, -0.15) is 0 Å². The third kappa shape index (κ3) is 2.17. The summed E-state index contributed by atoms with van der Waals surface area (Å²) in [6.45, 7) is 0. The molecular weight excluding hydrogens is 212 g/mol. The standard InChI is InChI=1S/C12H8F2NO/c13-9-1-5-11(6-2-9)15(16)12-7-3-10(14)4-8-12/h1-8H/q-1. The summed E-state index contributed by atoms with van der Waals surface area (Å²) in [7, 11) is 0. The van der Waals surface area contributed by atoms with Crippen LogP contribution < -0.4 is 5.06 Å². The number of halogens is 2. The molecule has 0 atom stereocenters. The van der Waals surface area contributed by atoms with Gasteiger partial charge in [-0.3, -0.25) is 0 Å². The summed E-state index contributed by atoms with van der Waals surface area (Å²) in [6.07, 6.45) is 0. The number of benzene rings is 2. The number of hydrogen-bond acceptors (Lipinski definition) is 2. The molecule has 0 aromatic heterocycles. The van der Waals surface area contributed by atoms with E-state index >= 15 is 0 Å². The Morgan fingerprint density at radius 3 is 1.31 bits per heavy atom. The molecule has 0 heterocycles. The molecule has 2 rings (SSSR count). The van der Waals surface area contributed by atoms with Gasteiger partial charge in [0, 0.05) is 11.4 Å². The van der Waals surface area contributed by atoms with Gasteiger partial charge in [0.1, 0.15) is 11.6 Å². The highest BCUT2D eigenvalue weighted by Crippen LogP contribution is 2.24. The van der Waals surface area contributed by atoms with Crippen molar-refractivity contribution < 1.29 is 8.78 Å². The zero-order valence-corrected chi connectivity index (χ0v) is 8.23. The maximum atomic E-state index is 12.6. The van der Waals surface area contributed by atoms with Gasteiger partial charge in [-0.15, -0.1) is 0 Å². The summed E-state index contributed by atoms with van der Waals surface area (Å²) in [6, 6.07) is 10.3. The highest BCUT2D eigenvalue weighted by Gasteiger charge is 1.99. The Kier molecular flexibility index (Phi) is 2.83. The fraction of sp³-hybridized carbons (Fsp3) is 0. The second-order valence-corrected chi connectivity index (χ2v) is 3.25. The van der Waals surface area contributed by atoms with Gasteiger partial charge >= 0.3 is 0 Å². The van der Waals surface area contributed by atoms with Gasteiger partial charge in [-0.25, -0.2) is 8.78 Å². The fourth-order valence-electron chi connectivity index (χ4n) is 1.30. The molecule has 2 aromatic carbocycles. The first-order valence-corrected chi connectivity index (χ1v) is 4.65. The van der Waals surface area contributed by atoms with E-state index < -0.39 is 11.6 Å². The minimum absolute atomic E-state index is 0.299. The molecule has 4 heteroatoms. The van der Waals surface area contributed by atoms with E-state index in [1.807, 2.05) is 0 Å². The average Bonchev–Trinajstić information content (AvgIpc) is 2.30. The second-order valence-electron chi connectivity index (χ2n) is 3.25. The van der Waals surface area contributed by atoms with E-state index in [9.17, 15) is 14.0 Å². The highest BCUT2D eigenvalue weighted by molar-refractivity contribution is 5.63. The lowest BCUT2D eigenvalue weighted by atomic mass is 10.2. The molecule has 0 amide bonds. The smallest absolute Gasteiger partial charge is 0.123 e. The molecule has 0 fully saturated rings. The number of nitrogens with zero attached hydrogens (tertiary/aromatic N) is 1. The number of hydrogen-bond donors (Lipinski definition) is 0. The molecule has 0 aliphatic carbocycles. The Morgan fingerprint density at radius 2 is 1.00 bits per heavy atom. The molecule has 16 heavy (non-hydrogen) atoms. The van der Waals surface area contributed by atoms with Crippen LogP contribution in [0.25, 0.3) is 0 Å². The van der Waals surface area contributed by atoms with Crippen LogP contribution in [0, 0.1) is 16.8 Å². The van der Waals surface area contributed by atoms with E-state index in [4.69, 9.17) is 0 Å². The number of rotatable bonds is 2. The van der Waals surface area contributed by atoms with Crippen LogP contribution in [0.4, 0.5) is 20.2 Å². The van der Waals surface area contributed by atoms with E-state index in [2.05, 4.69) is 0 Å². The largest absolute Gasteiger partial charge is 0.754 e. The summed E-state index contributed by atoms with van der Waals surface area (Å²) in [4.78, 5) is 0. The van der Waals surface area contributed by atoms with Gasteiger partial charge in [-0.05, 0) is 48.5 Å². The van der Waals surface area contributed by atoms with Gasteiger partial charge in [0.05, 0.1) is 0 Å². The first kappa shape index (κ1) is 10.6. The van der Waals surface area contributed by atoms with E-state index in [0.717, 1.165) is 0 Å². The highest BCUT2D eigenvalue weighted by atomic mass is 19.1. The molecule has 0 aliphatic rings. The molecule has 0 N–H and O–H groups in total. The predicted molar refractivity (Wildman–Crippen MR) is 58.3 cm³/mol. The van der Waals surface area contributed by atoms with Crippen LogP contribution in [0.2, 0.25) is 0 Å². The van der Waals surface area contributed by atoms with Crippen LogP contribution in [0.15, 0.2) is 48.5 Å². The maximum Gasteiger partial charge on any atom is 0.123 e. The zero-order valence-electron chi connectivity index (χ0n) is 8.23. The summed E-state index contributed by atoms with van der Waals surface area (Å²) < 4.78 is 25.3. The quantitative estimate of drug-likeness (QED) is 0.723. The Balaban J connectivity index is 2.28. The Morgan fingerprint density at radius 1 is 0.688 bits per heavy atom. The summed E-state index contributed by atoms with van der Waals surface area (Å²) in [5, 5.41) is 12.4. The van der Waals surface area contributed by atoms with Crippen molar-refractivity contribution in [2.75, 3.05) is 5.06 Å². The van der Waals surface area contributed by atoms with E-state index in [0.29, 0.717) is 16.4 Å². The molecule has 0 aliphatic heterocycles. The maximum absolute atomic E-state index is 12.6. The lowest BCUT2D eigenvalue weighted by Crippen LogP contribution is -2.06. The van der Waals surface area contributed by atoms with Crippen LogP contribution in [-0.4, -0.2) is 0 Å². The van der Waals surface area contributed by atoms with Crippen molar-refractivity contribution >= 4 is 11.4 Å². The van der Waals surface area contributed by atoms with Crippen LogP contribution in [0.3, 0.4) is 0 Å². The lowest BCUT2D eigenvalue weighted by molar-refractivity contribution is 0.628. The Bertz CT molecular complexity index is 422.